The highest BCUT2D eigenvalue weighted by Gasteiger charge is 2.20. The van der Waals surface area contributed by atoms with Crippen LogP contribution in [-0.4, -0.2) is 41.3 Å². The first-order valence-corrected chi connectivity index (χ1v) is 7.24. The molecule has 2 aromatic heterocycles. The molecular weight excluding hydrogens is 280 g/mol. The number of hydrogen-bond donors (Lipinski definition) is 2. The summed E-state index contributed by atoms with van der Waals surface area (Å²) in [7, 11) is 2.20. The maximum absolute atomic E-state index is 4.20. The first-order valence-electron chi connectivity index (χ1n) is 6.30. The summed E-state index contributed by atoms with van der Waals surface area (Å²) in [5.41, 5.74) is 3.68. The van der Waals surface area contributed by atoms with E-state index in [0.29, 0.717) is 6.04 Å². The van der Waals surface area contributed by atoms with Crippen LogP contribution in [0.1, 0.15) is 12.0 Å². The first kappa shape index (κ1) is 14.5. The van der Waals surface area contributed by atoms with Crippen molar-refractivity contribution >= 4 is 23.7 Å². The smallest absolute Gasteiger partial charge is 0.0703 e. The highest BCUT2D eigenvalue weighted by atomic mass is 35.5. The normalized spacial score (nSPS) is 18.7. The van der Waals surface area contributed by atoms with E-state index >= 15 is 0 Å². The minimum absolute atomic E-state index is 0. The van der Waals surface area contributed by atoms with Crippen molar-refractivity contribution in [3.05, 3.63) is 28.6 Å². The lowest BCUT2D eigenvalue weighted by molar-refractivity contribution is 0.249. The molecule has 1 unspecified atom stereocenters. The van der Waals surface area contributed by atoms with Gasteiger partial charge in [-0.2, -0.15) is 16.4 Å². The van der Waals surface area contributed by atoms with E-state index < -0.39 is 0 Å². The Morgan fingerprint density at radius 3 is 3.11 bits per heavy atom. The van der Waals surface area contributed by atoms with Crippen LogP contribution in [0, 0.1) is 0 Å². The molecule has 0 amide bonds. The third-order valence-electron chi connectivity index (χ3n) is 3.61. The molecule has 19 heavy (non-hydrogen) atoms. The Morgan fingerprint density at radius 2 is 2.42 bits per heavy atom. The Labute approximate surface area is 123 Å². The molecule has 2 N–H and O–H groups in total. The number of aromatic nitrogens is 2. The molecule has 6 heteroatoms. The van der Waals surface area contributed by atoms with E-state index in [1.807, 2.05) is 6.20 Å². The summed E-state index contributed by atoms with van der Waals surface area (Å²) in [6.45, 7) is 3.19. The molecule has 1 atom stereocenters. The van der Waals surface area contributed by atoms with Crippen LogP contribution < -0.4 is 5.32 Å². The Bertz CT molecular complexity index is 490. The Kier molecular flexibility index (Phi) is 4.99. The highest BCUT2D eigenvalue weighted by Crippen LogP contribution is 2.24. The number of likely N-dealkylation sites (N-methyl/N-ethyl adjacent to an activating group) is 1. The van der Waals surface area contributed by atoms with Gasteiger partial charge in [-0.05, 0) is 31.5 Å². The molecule has 2 aromatic rings. The number of halogens is 1. The largest absolute Gasteiger partial charge is 0.315 e. The lowest BCUT2D eigenvalue weighted by Gasteiger charge is -2.23. The SMILES string of the molecule is CN(Cc1cn[nH]c1-c1ccsc1)C1CCNC1.Cl. The van der Waals surface area contributed by atoms with Gasteiger partial charge in [-0.3, -0.25) is 10.00 Å². The summed E-state index contributed by atoms with van der Waals surface area (Å²) in [5, 5.41) is 15.0. The summed E-state index contributed by atoms with van der Waals surface area (Å²) in [4.78, 5) is 2.42. The lowest BCUT2D eigenvalue weighted by atomic mass is 10.1. The molecule has 0 bridgehead atoms. The molecule has 1 aliphatic heterocycles. The quantitative estimate of drug-likeness (QED) is 0.911. The number of nitrogens with one attached hydrogen (secondary N) is 2. The van der Waals surface area contributed by atoms with Crippen LogP contribution in [0.15, 0.2) is 23.0 Å². The zero-order valence-corrected chi connectivity index (χ0v) is 12.6. The number of rotatable bonds is 4. The van der Waals surface area contributed by atoms with Gasteiger partial charge >= 0.3 is 0 Å². The van der Waals surface area contributed by atoms with Crippen molar-refractivity contribution in [3.8, 4) is 11.3 Å². The maximum Gasteiger partial charge on any atom is 0.0703 e. The highest BCUT2D eigenvalue weighted by molar-refractivity contribution is 7.08. The first-order chi connectivity index (χ1) is 8.84. The molecule has 0 aromatic carbocycles. The van der Waals surface area contributed by atoms with E-state index in [0.717, 1.165) is 25.3 Å². The van der Waals surface area contributed by atoms with Crippen LogP contribution >= 0.6 is 23.7 Å². The minimum atomic E-state index is 0. The van der Waals surface area contributed by atoms with E-state index in [9.17, 15) is 0 Å². The number of thiophene rings is 1. The van der Waals surface area contributed by atoms with Gasteiger partial charge in [0.05, 0.1) is 11.9 Å². The summed E-state index contributed by atoms with van der Waals surface area (Å²) in [5.74, 6) is 0. The van der Waals surface area contributed by atoms with E-state index in [1.54, 1.807) is 11.3 Å². The van der Waals surface area contributed by atoms with E-state index in [4.69, 9.17) is 0 Å². The van der Waals surface area contributed by atoms with Gasteiger partial charge in [0.1, 0.15) is 0 Å². The molecule has 0 spiro atoms. The van der Waals surface area contributed by atoms with Crippen molar-refractivity contribution in [1.29, 1.82) is 0 Å². The van der Waals surface area contributed by atoms with Crippen LogP contribution in [0.5, 0.6) is 0 Å². The second-order valence-corrected chi connectivity index (χ2v) is 5.62. The van der Waals surface area contributed by atoms with Gasteiger partial charge in [0.25, 0.3) is 0 Å². The van der Waals surface area contributed by atoms with Crippen molar-refractivity contribution in [2.75, 3.05) is 20.1 Å². The van der Waals surface area contributed by atoms with Gasteiger partial charge < -0.3 is 5.32 Å². The number of H-pyrrole nitrogens is 1. The Hall–Kier alpha value is -0.880. The molecule has 0 aliphatic carbocycles. The fourth-order valence-electron chi connectivity index (χ4n) is 2.50. The summed E-state index contributed by atoms with van der Waals surface area (Å²) < 4.78 is 0. The molecule has 0 radical (unpaired) electrons. The summed E-state index contributed by atoms with van der Waals surface area (Å²) in [6, 6.07) is 2.79. The molecule has 4 nitrogen and oxygen atoms in total. The summed E-state index contributed by atoms with van der Waals surface area (Å²) in [6.07, 6.45) is 3.19. The maximum atomic E-state index is 4.20. The number of aromatic amines is 1. The molecule has 104 valence electrons. The second-order valence-electron chi connectivity index (χ2n) is 4.84. The third kappa shape index (κ3) is 3.17. The third-order valence-corrected chi connectivity index (χ3v) is 4.29. The molecule has 0 saturated carbocycles. The monoisotopic (exact) mass is 298 g/mol. The molecular formula is C13H19ClN4S. The molecule has 1 saturated heterocycles. The number of hydrogen-bond acceptors (Lipinski definition) is 4. The Morgan fingerprint density at radius 1 is 1.53 bits per heavy atom. The second kappa shape index (κ2) is 6.52. The fraction of sp³-hybridized carbons (Fsp3) is 0.462. The number of nitrogens with zero attached hydrogens (tertiary/aromatic N) is 2. The minimum Gasteiger partial charge on any atom is -0.315 e. The van der Waals surface area contributed by atoms with Crippen LogP contribution in [0.2, 0.25) is 0 Å². The predicted molar refractivity (Wildman–Crippen MR) is 81.9 cm³/mol. The topological polar surface area (TPSA) is 44.0 Å². The van der Waals surface area contributed by atoms with Gasteiger partial charge in [-0.25, -0.2) is 0 Å². The molecule has 1 aliphatic rings. The standard InChI is InChI=1S/C13H18N4S.ClH/c1-17(12-2-4-14-7-12)8-11-6-15-16-13(11)10-3-5-18-9-10;/h3,5-6,9,12,14H,2,4,7-8H2,1H3,(H,15,16);1H. The van der Waals surface area contributed by atoms with Crippen molar-refractivity contribution in [1.82, 2.24) is 20.4 Å². The van der Waals surface area contributed by atoms with Gasteiger partial charge in [0, 0.05) is 35.6 Å². The zero-order chi connectivity index (χ0) is 12.4. The Balaban J connectivity index is 0.00000133. The van der Waals surface area contributed by atoms with Crippen LogP contribution in [0.25, 0.3) is 11.3 Å². The van der Waals surface area contributed by atoms with Gasteiger partial charge in [-0.1, -0.05) is 0 Å². The fourth-order valence-corrected chi connectivity index (χ4v) is 3.15. The van der Waals surface area contributed by atoms with Gasteiger partial charge in [0.15, 0.2) is 0 Å². The van der Waals surface area contributed by atoms with Crippen LogP contribution in [-0.2, 0) is 6.54 Å². The molecule has 3 heterocycles. The van der Waals surface area contributed by atoms with Gasteiger partial charge in [0.2, 0.25) is 0 Å². The lowest BCUT2D eigenvalue weighted by Crippen LogP contribution is -2.32. The summed E-state index contributed by atoms with van der Waals surface area (Å²) >= 11 is 1.72. The zero-order valence-electron chi connectivity index (χ0n) is 10.9. The van der Waals surface area contributed by atoms with Crippen LogP contribution in [0.3, 0.4) is 0 Å². The van der Waals surface area contributed by atoms with Crippen molar-refractivity contribution < 1.29 is 0 Å². The van der Waals surface area contributed by atoms with Crippen molar-refractivity contribution in [2.24, 2.45) is 0 Å². The van der Waals surface area contributed by atoms with Crippen molar-refractivity contribution in [3.63, 3.8) is 0 Å². The van der Waals surface area contributed by atoms with Crippen molar-refractivity contribution in [2.45, 2.75) is 19.0 Å². The van der Waals surface area contributed by atoms with E-state index in [1.165, 1.54) is 17.5 Å². The molecule has 3 rings (SSSR count). The average molecular weight is 299 g/mol. The average Bonchev–Trinajstić information content (AvgIpc) is 3.11. The molecule has 1 fully saturated rings. The van der Waals surface area contributed by atoms with E-state index in [2.05, 4.69) is 44.3 Å². The predicted octanol–water partition coefficient (Wildman–Crippen LogP) is 2.35. The van der Waals surface area contributed by atoms with Crippen LogP contribution in [0.4, 0.5) is 0 Å². The van der Waals surface area contributed by atoms with Gasteiger partial charge in [-0.15, -0.1) is 12.4 Å². The van der Waals surface area contributed by atoms with E-state index in [-0.39, 0.29) is 12.4 Å².